The van der Waals surface area contributed by atoms with Crippen molar-refractivity contribution in [3.63, 3.8) is 0 Å². The Kier molecular flexibility index (Phi) is 2.96. The molecule has 2 aliphatic rings. The van der Waals surface area contributed by atoms with Gasteiger partial charge in [-0.3, -0.25) is 0 Å². The van der Waals surface area contributed by atoms with Gasteiger partial charge in [0.05, 0.1) is 0 Å². The summed E-state index contributed by atoms with van der Waals surface area (Å²) in [4.78, 5) is 0. The normalized spacial score (nSPS) is 30.2. The second-order valence-corrected chi connectivity index (χ2v) is 5.40. The average Bonchev–Trinajstić information content (AvgIpc) is 3.15. The minimum Gasteiger partial charge on any atom is -0.311 e. The van der Waals surface area contributed by atoms with Gasteiger partial charge in [-0.15, -0.1) is 0 Å². The Morgan fingerprint density at radius 3 is 1.88 bits per heavy atom. The lowest BCUT2D eigenvalue weighted by Gasteiger charge is -2.29. The van der Waals surface area contributed by atoms with E-state index in [2.05, 4.69) is 35.6 Å². The standard InChI is InChI=1S/C15H21N/c1-2-4-12(5-3-1)13-6-8-14(9-7-13)16-15-10-11-15/h1-5,13-16H,6-11H2. The van der Waals surface area contributed by atoms with E-state index < -0.39 is 0 Å². The van der Waals surface area contributed by atoms with Gasteiger partial charge in [-0.25, -0.2) is 0 Å². The van der Waals surface area contributed by atoms with Crippen LogP contribution >= 0.6 is 0 Å². The van der Waals surface area contributed by atoms with Crippen molar-refractivity contribution in [3.8, 4) is 0 Å². The van der Waals surface area contributed by atoms with Crippen LogP contribution in [0.25, 0.3) is 0 Å². The molecule has 2 saturated carbocycles. The second-order valence-electron chi connectivity index (χ2n) is 5.40. The fourth-order valence-electron chi connectivity index (χ4n) is 2.90. The minimum absolute atomic E-state index is 0.812. The molecule has 1 aromatic carbocycles. The van der Waals surface area contributed by atoms with E-state index in [0.29, 0.717) is 0 Å². The van der Waals surface area contributed by atoms with Gasteiger partial charge in [-0.2, -0.15) is 0 Å². The van der Waals surface area contributed by atoms with Crippen LogP contribution in [0.2, 0.25) is 0 Å². The Balaban J connectivity index is 1.53. The fraction of sp³-hybridized carbons (Fsp3) is 0.600. The molecular weight excluding hydrogens is 194 g/mol. The third kappa shape index (κ3) is 2.46. The molecular formula is C15H21N. The molecule has 1 aromatic rings. The van der Waals surface area contributed by atoms with Gasteiger partial charge < -0.3 is 5.32 Å². The smallest absolute Gasteiger partial charge is 0.00708 e. The van der Waals surface area contributed by atoms with E-state index in [1.54, 1.807) is 5.56 Å². The summed E-state index contributed by atoms with van der Waals surface area (Å²) >= 11 is 0. The molecule has 0 heterocycles. The zero-order valence-corrected chi connectivity index (χ0v) is 9.86. The van der Waals surface area contributed by atoms with Crippen LogP contribution in [0.3, 0.4) is 0 Å². The van der Waals surface area contributed by atoms with E-state index >= 15 is 0 Å². The highest BCUT2D eigenvalue weighted by Crippen LogP contribution is 2.34. The van der Waals surface area contributed by atoms with Gasteiger partial charge in [0, 0.05) is 12.1 Å². The van der Waals surface area contributed by atoms with E-state index in [1.807, 2.05) is 0 Å². The first-order valence-corrected chi connectivity index (χ1v) is 6.73. The average molecular weight is 215 g/mol. The summed E-state index contributed by atoms with van der Waals surface area (Å²) in [7, 11) is 0. The first kappa shape index (κ1) is 10.3. The molecule has 0 unspecified atom stereocenters. The summed E-state index contributed by atoms with van der Waals surface area (Å²) in [5.41, 5.74) is 1.55. The Morgan fingerprint density at radius 2 is 1.31 bits per heavy atom. The summed E-state index contributed by atoms with van der Waals surface area (Å²) in [5.74, 6) is 0.818. The molecule has 1 nitrogen and oxygen atoms in total. The summed E-state index contributed by atoms with van der Waals surface area (Å²) in [6.07, 6.45) is 8.31. The van der Waals surface area contributed by atoms with E-state index in [0.717, 1.165) is 18.0 Å². The van der Waals surface area contributed by atoms with Gasteiger partial charge in [0.25, 0.3) is 0 Å². The molecule has 0 radical (unpaired) electrons. The van der Waals surface area contributed by atoms with Crippen LogP contribution < -0.4 is 5.32 Å². The van der Waals surface area contributed by atoms with Crippen molar-refractivity contribution in [2.45, 2.75) is 56.5 Å². The van der Waals surface area contributed by atoms with Crippen molar-refractivity contribution < 1.29 is 0 Å². The Morgan fingerprint density at radius 1 is 0.750 bits per heavy atom. The molecule has 0 aromatic heterocycles. The van der Waals surface area contributed by atoms with Crippen molar-refractivity contribution in [1.82, 2.24) is 5.32 Å². The Hall–Kier alpha value is -0.820. The monoisotopic (exact) mass is 215 g/mol. The maximum Gasteiger partial charge on any atom is 0.00708 e. The van der Waals surface area contributed by atoms with E-state index in [9.17, 15) is 0 Å². The van der Waals surface area contributed by atoms with E-state index in [1.165, 1.54) is 38.5 Å². The molecule has 0 bridgehead atoms. The topological polar surface area (TPSA) is 12.0 Å². The van der Waals surface area contributed by atoms with Gasteiger partial charge >= 0.3 is 0 Å². The van der Waals surface area contributed by atoms with Crippen LogP contribution in [0.5, 0.6) is 0 Å². The van der Waals surface area contributed by atoms with Crippen LogP contribution in [-0.2, 0) is 0 Å². The summed E-state index contributed by atoms with van der Waals surface area (Å²) in [6, 6.07) is 12.7. The highest BCUT2D eigenvalue weighted by Gasteiger charge is 2.28. The minimum atomic E-state index is 0.812. The van der Waals surface area contributed by atoms with Gasteiger partial charge in [0.2, 0.25) is 0 Å². The van der Waals surface area contributed by atoms with Crippen LogP contribution in [0.1, 0.15) is 50.0 Å². The van der Waals surface area contributed by atoms with Gasteiger partial charge in [0.1, 0.15) is 0 Å². The number of benzene rings is 1. The molecule has 0 amide bonds. The fourth-order valence-corrected chi connectivity index (χ4v) is 2.90. The first-order valence-electron chi connectivity index (χ1n) is 6.73. The van der Waals surface area contributed by atoms with Gasteiger partial charge in [-0.05, 0) is 50.0 Å². The van der Waals surface area contributed by atoms with Crippen LogP contribution in [0, 0.1) is 0 Å². The maximum absolute atomic E-state index is 3.76. The molecule has 86 valence electrons. The molecule has 0 aliphatic heterocycles. The largest absolute Gasteiger partial charge is 0.311 e. The molecule has 16 heavy (non-hydrogen) atoms. The molecule has 1 heteroatoms. The van der Waals surface area contributed by atoms with Crippen molar-refractivity contribution >= 4 is 0 Å². The quantitative estimate of drug-likeness (QED) is 0.814. The SMILES string of the molecule is c1ccc(C2CCC(NC3CC3)CC2)cc1. The predicted molar refractivity (Wildman–Crippen MR) is 67.6 cm³/mol. The van der Waals surface area contributed by atoms with Crippen LogP contribution in [-0.4, -0.2) is 12.1 Å². The lowest BCUT2D eigenvalue weighted by molar-refractivity contribution is 0.341. The number of hydrogen-bond acceptors (Lipinski definition) is 1. The van der Waals surface area contributed by atoms with E-state index in [4.69, 9.17) is 0 Å². The lowest BCUT2D eigenvalue weighted by atomic mass is 9.82. The zero-order chi connectivity index (χ0) is 10.8. The number of hydrogen-bond donors (Lipinski definition) is 1. The van der Waals surface area contributed by atoms with Crippen molar-refractivity contribution in [2.75, 3.05) is 0 Å². The zero-order valence-electron chi connectivity index (χ0n) is 9.86. The van der Waals surface area contributed by atoms with Crippen LogP contribution in [0.4, 0.5) is 0 Å². The predicted octanol–water partition coefficient (Wildman–Crippen LogP) is 3.46. The molecule has 3 rings (SSSR count). The molecule has 0 saturated heterocycles. The summed E-state index contributed by atoms with van der Waals surface area (Å²) in [5, 5.41) is 3.76. The Labute approximate surface area is 98.3 Å². The third-order valence-electron chi connectivity index (χ3n) is 4.05. The second kappa shape index (κ2) is 4.58. The van der Waals surface area contributed by atoms with E-state index in [-0.39, 0.29) is 0 Å². The molecule has 2 fully saturated rings. The first-order chi connectivity index (χ1) is 7.92. The summed E-state index contributed by atoms with van der Waals surface area (Å²) in [6.45, 7) is 0. The lowest BCUT2D eigenvalue weighted by Crippen LogP contribution is -2.34. The highest BCUT2D eigenvalue weighted by atomic mass is 15.0. The highest BCUT2D eigenvalue weighted by molar-refractivity contribution is 5.20. The number of nitrogens with one attached hydrogen (secondary N) is 1. The Bertz CT molecular complexity index is 321. The molecule has 0 spiro atoms. The van der Waals surface area contributed by atoms with Crippen molar-refractivity contribution in [2.24, 2.45) is 0 Å². The van der Waals surface area contributed by atoms with Gasteiger partial charge in [0.15, 0.2) is 0 Å². The maximum atomic E-state index is 3.76. The number of rotatable bonds is 3. The summed E-state index contributed by atoms with van der Waals surface area (Å²) < 4.78 is 0. The molecule has 2 aliphatic carbocycles. The van der Waals surface area contributed by atoms with Crippen LogP contribution in [0.15, 0.2) is 30.3 Å². The molecule has 1 N–H and O–H groups in total. The third-order valence-corrected chi connectivity index (χ3v) is 4.05. The molecule has 0 atom stereocenters. The van der Waals surface area contributed by atoms with Crippen molar-refractivity contribution in [3.05, 3.63) is 35.9 Å². The van der Waals surface area contributed by atoms with Gasteiger partial charge in [-0.1, -0.05) is 30.3 Å². The van der Waals surface area contributed by atoms with Crippen molar-refractivity contribution in [1.29, 1.82) is 0 Å².